The molecule has 0 saturated heterocycles. The molecular weight excluding hydrogens is 181 g/mol. The van der Waals surface area contributed by atoms with Crippen molar-refractivity contribution in [2.75, 3.05) is 20.7 Å². The van der Waals surface area contributed by atoms with Crippen LogP contribution in [0.3, 0.4) is 0 Å². The summed E-state index contributed by atoms with van der Waals surface area (Å²) in [6, 6.07) is 3.07. The number of hydrogen-bond donors (Lipinski definition) is 0. The van der Waals surface area contributed by atoms with Gasteiger partial charge in [0.25, 0.3) is 0 Å². The van der Waals surface area contributed by atoms with E-state index in [0.717, 1.165) is 30.6 Å². The van der Waals surface area contributed by atoms with Crippen molar-refractivity contribution in [3.8, 4) is 5.75 Å². The van der Waals surface area contributed by atoms with Crippen molar-refractivity contribution in [2.45, 2.75) is 13.0 Å². The first-order valence-electron chi connectivity index (χ1n) is 4.74. The number of halogens is 1. The fraction of sp³-hybridized carbons (Fsp3) is 0.455. The lowest BCUT2D eigenvalue weighted by Crippen LogP contribution is -2.27. The van der Waals surface area contributed by atoms with E-state index in [1.165, 1.54) is 6.07 Å². The molecule has 1 aliphatic heterocycles. The molecule has 0 radical (unpaired) electrons. The Hall–Kier alpha value is -1.09. The standard InChI is InChI=1S/C11H14FNO/c1-13-4-3-8-5-9(12)6-11(14-2)10(8)7-13/h5-6H,3-4,7H2,1-2H3. The van der Waals surface area contributed by atoms with Crippen LogP contribution in [0.25, 0.3) is 0 Å². The van der Waals surface area contributed by atoms with Crippen LogP contribution in [0.2, 0.25) is 0 Å². The lowest BCUT2D eigenvalue weighted by atomic mass is 9.99. The van der Waals surface area contributed by atoms with Crippen LogP contribution >= 0.6 is 0 Å². The van der Waals surface area contributed by atoms with Crippen molar-refractivity contribution >= 4 is 0 Å². The van der Waals surface area contributed by atoms with E-state index < -0.39 is 0 Å². The summed E-state index contributed by atoms with van der Waals surface area (Å²) >= 11 is 0. The normalized spacial score (nSPS) is 16.5. The largest absolute Gasteiger partial charge is 0.496 e. The topological polar surface area (TPSA) is 12.5 Å². The predicted octanol–water partition coefficient (Wildman–Crippen LogP) is 1.82. The highest BCUT2D eigenvalue weighted by atomic mass is 19.1. The first-order valence-corrected chi connectivity index (χ1v) is 4.74. The fourth-order valence-corrected chi connectivity index (χ4v) is 1.91. The number of fused-ring (bicyclic) bond motifs is 1. The van der Waals surface area contributed by atoms with Gasteiger partial charge in [-0.3, -0.25) is 0 Å². The number of benzene rings is 1. The van der Waals surface area contributed by atoms with Crippen LogP contribution in [0.5, 0.6) is 5.75 Å². The van der Waals surface area contributed by atoms with Gasteiger partial charge in [-0.25, -0.2) is 4.39 Å². The molecule has 1 aromatic rings. The molecule has 1 aliphatic rings. The Morgan fingerprint density at radius 1 is 1.43 bits per heavy atom. The van der Waals surface area contributed by atoms with Gasteiger partial charge in [0.2, 0.25) is 0 Å². The van der Waals surface area contributed by atoms with Crippen LogP contribution in [0.15, 0.2) is 12.1 Å². The fourth-order valence-electron chi connectivity index (χ4n) is 1.91. The van der Waals surface area contributed by atoms with Crippen LogP contribution in [-0.4, -0.2) is 25.6 Å². The number of methoxy groups -OCH3 is 1. The minimum absolute atomic E-state index is 0.204. The average Bonchev–Trinajstić information content (AvgIpc) is 2.17. The first kappa shape index (κ1) is 9.46. The second-order valence-electron chi connectivity index (χ2n) is 3.73. The molecular formula is C11H14FNO. The highest BCUT2D eigenvalue weighted by Crippen LogP contribution is 2.28. The molecule has 0 atom stereocenters. The minimum Gasteiger partial charge on any atom is -0.496 e. The number of nitrogens with zero attached hydrogens (tertiary/aromatic N) is 1. The van der Waals surface area contributed by atoms with Gasteiger partial charge in [0.15, 0.2) is 0 Å². The zero-order chi connectivity index (χ0) is 10.1. The first-order chi connectivity index (χ1) is 6.70. The molecule has 14 heavy (non-hydrogen) atoms. The lowest BCUT2D eigenvalue weighted by molar-refractivity contribution is 0.300. The van der Waals surface area contributed by atoms with E-state index in [0.29, 0.717) is 5.75 Å². The Labute approximate surface area is 83.3 Å². The van der Waals surface area contributed by atoms with Crippen LogP contribution in [0.4, 0.5) is 4.39 Å². The minimum atomic E-state index is -0.204. The highest BCUT2D eigenvalue weighted by molar-refractivity contribution is 5.42. The molecule has 0 aromatic heterocycles. The Morgan fingerprint density at radius 3 is 2.93 bits per heavy atom. The molecule has 3 heteroatoms. The molecule has 0 saturated carbocycles. The van der Waals surface area contributed by atoms with Gasteiger partial charge < -0.3 is 9.64 Å². The molecule has 0 N–H and O–H groups in total. The van der Waals surface area contributed by atoms with E-state index in [1.54, 1.807) is 13.2 Å². The summed E-state index contributed by atoms with van der Waals surface area (Å²) < 4.78 is 18.3. The summed E-state index contributed by atoms with van der Waals surface area (Å²) in [4.78, 5) is 2.21. The number of rotatable bonds is 1. The summed E-state index contributed by atoms with van der Waals surface area (Å²) in [5.41, 5.74) is 2.21. The summed E-state index contributed by atoms with van der Waals surface area (Å²) in [5, 5.41) is 0. The second-order valence-corrected chi connectivity index (χ2v) is 3.73. The number of ether oxygens (including phenoxy) is 1. The van der Waals surface area contributed by atoms with Crippen LogP contribution in [0.1, 0.15) is 11.1 Å². The average molecular weight is 195 g/mol. The maximum absolute atomic E-state index is 13.1. The molecule has 0 fully saturated rings. The third-order valence-corrected chi connectivity index (χ3v) is 2.68. The Bertz CT molecular complexity index is 334. The van der Waals surface area contributed by atoms with Gasteiger partial charge in [-0.1, -0.05) is 0 Å². The van der Waals surface area contributed by atoms with Gasteiger partial charge in [-0.15, -0.1) is 0 Å². The summed E-state index contributed by atoms with van der Waals surface area (Å²) in [6.07, 6.45) is 0.903. The molecule has 76 valence electrons. The highest BCUT2D eigenvalue weighted by Gasteiger charge is 2.18. The number of hydrogen-bond acceptors (Lipinski definition) is 2. The van der Waals surface area contributed by atoms with Gasteiger partial charge >= 0.3 is 0 Å². The van der Waals surface area contributed by atoms with Crippen LogP contribution < -0.4 is 4.74 Å². The monoisotopic (exact) mass is 195 g/mol. The Morgan fingerprint density at radius 2 is 2.21 bits per heavy atom. The molecule has 1 heterocycles. The van der Waals surface area contributed by atoms with E-state index >= 15 is 0 Å². The van der Waals surface area contributed by atoms with Gasteiger partial charge in [0.1, 0.15) is 11.6 Å². The van der Waals surface area contributed by atoms with E-state index in [2.05, 4.69) is 11.9 Å². The van der Waals surface area contributed by atoms with Crippen molar-refractivity contribution in [1.29, 1.82) is 0 Å². The molecule has 0 spiro atoms. The lowest BCUT2D eigenvalue weighted by Gasteiger charge is -2.26. The molecule has 0 bridgehead atoms. The van der Waals surface area contributed by atoms with Crippen LogP contribution in [0, 0.1) is 5.82 Å². The van der Waals surface area contributed by atoms with Crippen molar-refractivity contribution in [3.05, 3.63) is 29.1 Å². The van der Waals surface area contributed by atoms with Crippen molar-refractivity contribution in [2.24, 2.45) is 0 Å². The van der Waals surface area contributed by atoms with Crippen molar-refractivity contribution in [3.63, 3.8) is 0 Å². The molecule has 0 unspecified atom stereocenters. The third kappa shape index (κ3) is 1.60. The van der Waals surface area contributed by atoms with E-state index in [1.807, 2.05) is 0 Å². The predicted molar refractivity (Wildman–Crippen MR) is 53.0 cm³/mol. The summed E-state index contributed by atoms with van der Waals surface area (Å²) in [5.74, 6) is 0.469. The number of likely N-dealkylation sites (N-methyl/N-ethyl adjacent to an activating group) is 1. The molecule has 0 aliphatic carbocycles. The van der Waals surface area contributed by atoms with Gasteiger partial charge in [0.05, 0.1) is 7.11 Å². The summed E-state index contributed by atoms with van der Waals surface area (Å²) in [6.45, 7) is 1.83. The second kappa shape index (κ2) is 3.58. The molecule has 1 aromatic carbocycles. The SMILES string of the molecule is COc1cc(F)cc2c1CN(C)CC2. The van der Waals surface area contributed by atoms with Gasteiger partial charge in [-0.05, 0) is 25.1 Å². The van der Waals surface area contributed by atoms with Crippen molar-refractivity contribution in [1.82, 2.24) is 4.90 Å². The molecule has 2 nitrogen and oxygen atoms in total. The van der Waals surface area contributed by atoms with E-state index in [-0.39, 0.29) is 5.82 Å². The smallest absolute Gasteiger partial charge is 0.127 e. The molecule has 0 amide bonds. The quantitative estimate of drug-likeness (QED) is 0.677. The van der Waals surface area contributed by atoms with Gasteiger partial charge in [0, 0.05) is 24.7 Å². The van der Waals surface area contributed by atoms with Crippen molar-refractivity contribution < 1.29 is 9.13 Å². The maximum atomic E-state index is 13.1. The maximum Gasteiger partial charge on any atom is 0.127 e. The van der Waals surface area contributed by atoms with E-state index in [4.69, 9.17) is 4.74 Å². The third-order valence-electron chi connectivity index (χ3n) is 2.68. The zero-order valence-corrected chi connectivity index (χ0v) is 8.51. The van der Waals surface area contributed by atoms with Gasteiger partial charge in [-0.2, -0.15) is 0 Å². The van der Waals surface area contributed by atoms with Crippen LogP contribution in [-0.2, 0) is 13.0 Å². The van der Waals surface area contributed by atoms with E-state index in [9.17, 15) is 4.39 Å². The molecule has 2 rings (SSSR count). The zero-order valence-electron chi connectivity index (χ0n) is 8.51. The Kier molecular flexibility index (Phi) is 2.42. The summed E-state index contributed by atoms with van der Waals surface area (Å²) in [7, 11) is 3.65. The Balaban J connectivity index is 2.47.